The number of hydrogen-bond acceptors (Lipinski definition) is 9. The molecule has 4 rings (SSSR count). The van der Waals surface area contributed by atoms with Crippen LogP contribution in [0.3, 0.4) is 0 Å². The largest absolute Gasteiger partial charge is 0.397 e. The topological polar surface area (TPSA) is 191 Å². The van der Waals surface area contributed by atoms with Crippen LogP contribution in [0.25, 0.3) is 0 Å². The van der Waals surface area contributed by atoms with E-state index in [9.17, 15) is 38.9 Å². The summed E-state index contributed by atoms with van der Waals surface area (Å²) in [5, 5.41) is 0. The van der Waals surface area contributed by atoms with Gasteiger partial charge in [-0.1, -0.05) is 53.2 Å². The fraction of sp³-hybridized carbons (Fsp3) is 0.923. The van der Waals surface area contributed by atoms with Crippen molar-refractivity contribution in [3.05, 3.63) is 12.2 Å². The van der Waals surface area contributed by atoms with Gasteiger partial charge in [0.1, 0.15) is 12.2 Å². The molecule has 0 aromatic heterocycles. The third kappa shape index (κ3) is 6.88. The molecule has 238 valence electrons. The van der Waals surface area contributed by atoms with E-state index >= 15 is 0 Å². The summed E-state index contributed by atoms with van der Waals surface area (Å²) in [5.41, 5.74) is -1.02. The Morgan fingerprint density at radius 3 is 1.93 bits per heavy atom. The lowest BCUT2D eigenvalue weighted by Gasteiger charge is -2.59. The van der Waals surface area contributed by atoms with Gasteiger partial charge in [0.2, 0.25) is 0 Å². The second kappa shape index (κ2) is 11.4. The van der Waals surface area contributed by atoms with Crippen LogP contribution in [-0.4, -0.2) is 57.2 Å². The minimum atomic E-state index is -5.15. The first-order valence-corrected chi connectivity index (χ1v) is 18.4. The van der Waals surface area contributed by atoms with E-state index in [-0.39, 0.29) is 36.0 Å². The van der Waals surface area contributed by atoms with Gasteiger partial charge in [-0.25, -0.2) is 12.5 Å². The summed E-state index contributed by atoms with van der Waals surface area (Å²) in [6.07, 6.45) is 4.59. The highest BCUT2D eigenvalue weighted by molar-refractivity contribution is 7.81. The highest BCUT2D eigenvalue weighted by atomic mass is 32.3. The van der Waals surface area contributed by atoms with E-state index in [1.165, 1.54) is 0 Å². The van der Waals surface area contributed by atoms with Crippen molar-refractivity contribution in [2.24, 2.45) is 52.3 Å². The van der Waals surface area contributed by atoms with Gasteiger partial charge in [0.15, 0.2) is 0 Å². The maximum Gasteiger partial charge on any atom is 0.397 e. The first-order valence-electron chi connectivity index (χ1n) is 14.3. The molecule has 4 aliphatic carbocycles. The molecule has 0 aliphatic heterocycles. The standard InChI is InChI=1S/C26H44O12S3/c1-6-15(2)7-8-16(3)18-9-10-19-17-13-21(36-39(27,28)29)23-24(38-41(33,34)35)22(37-40(30,31)32)14-26(23,5)20(17)11-12-25(18,19)4/h7-8,15-24H,6,9-14H2,1-5H3,(H,27,28,29)(H,30,31,32)(H,33,34,35). The fourth-order valence-electron chi connectivity index (χ4n) is 9.48. The molecule has 41 heavy (non-hydrogen) atoms. The van der Waals surface area contributed by atoms with Crippen molar-refractivity contribution < 1.29 is 51.5 Å². The second-order valence-corrected chi connectivity index (χ2v) is 16.5. The van der Waals surface area contributed by atoms with E-state index in [0.717, 1.165) is 25.7 Å². The van der Waals surface area contributed by atoms with E-state index in [1.54, 1.807) is 6.92 Å². The lowest BCUT2D eigenvalue weighted by atomic mass is 9.46. The first-order chi connectivity index (χ1) is 18.7. The summed E-state index contributed by atoms with van der Waals surface area (Å²) in [7, 11) is -15.2. The summed E-state index contributed by atoms with van der Waals surface area (Å²) in [4.78, 5) is 0. The van der Waals surface area contributed by atoms with Crippen LogP contribution in [-0.2, 0) is 43.7 Å². The van der Waals surface area contributed by atoms with Crippen LogP contribution >= 0.6 is 0 Å². The van der Waals surface area contributed by atoms with Crippen LogP contribution in [0.5, 0.6) is 0 Å². The van der Waals surface area contributed by atoms with Crippen LogP contribution < -0.4 is 0 Å². The average Bonchev–Trinajstić information content (AvgIpc) is 3.28. The summed E-state index contributed by atoms with van der Waals surface area (Å²) in [6.45, 7) is 10.6. The highest BCUT2D eigenvalue weighted by Crippen LogP contribution is 2.69. The molecule has 4 aliphatic rings. The molecule has 15 heteroatoms. The van der Waals surface area contributed by atoms with Crippen molar-refractivity contribution in [2.75, 3.05) is 0 Å². The molecule has 0 aromatic carbocycles. The molecule has 0 radical (unpaired) electrons. The molecule has 0 amide bonds. The Kier molecular flexibility index (Phi) is 9.22. The van der Waals surface area contributed by atoms with Gasteiger partial charge in [-0.05, 0) is 84.9 Å². The molecule has 0 aromatic rings. The van der Waals surface area contributed by atoms with Crippen LogP contribution in [0.4, 0.5) is 0 Å². The Morgan fingerprint density at radius 2 is 1.37 bits per heavy atom. The maximum atomic E-state index is 12.0. The number of allylic oxidation sites excluding steroid dienone is 2. The van der Waals surface area contributed by atoms with E-state index < -0.39 is 60.8 Å². The molecule has 0 bridgehead atoms. The smallest absolute Gasteiger partial charge is 0.264 e. The number of rotatable bonds is 10. The second-order valence-electron chi connectivity index (χ2n) is 13.3. The molecule has 4 saturated carbocycles. The van der Waals surface area contributed by atoms with E-state index in [1.807, 2.05) is 0 Å². The third-order valence-corrected chi connectivity index (χ3v) is 12.6. The average molecular weight is 645 g/mol. The van der Waals surface area contributed by atoms with Crippen molar-refractivity contribution >= 4 is 31.2 Å². The molecule has 12 nitrogen and oxygen atoms in total. The SMILES string of the molecule is CCC(C)C=CC(C)C1CCC2C3CC(OS(=O)(=O)O)C4C(OS(=O)(=O)O)C(OS(=O)(=O)O)CC4(C)C3CCC12C. The fourth-order valence-corrected chi connectivity index (χ4v) is 11.0. The molecule has 0 heterocycles. The van der Waals surface area contributed by atoms with Crippen molar-refractivity contribution in [1.29, 1.82) is 0 Å². The van der Waals surface area contributed by atoms with Crippen molar-refractivity contribution in [3.63, 3.8) is 0 Å². The zero-order valence-corrected chi connectivity index (χ0v) is 26.6. The van der Waals surface area contributed by atoms with Crippen molar-refractivity contribution in [2.45, 2.75) is 97.9 Å². The van der Waals surface area contributed by atoms with Gasteiger partial charge in [-0.2, -0.15) is 25.3 Å². The van der Waals surface area contributed by atoms with Gasteiger partial charge >= 0.3 is 31.2 Å². The van der Waals surface area contributed by atoms with Crippen molar-refractivity contribution in [1.82, 2.24) is 0 Å². The lowest BCUT2D eigenvalue weighted by Crippen LogP contribution is -2.57. The van der Waals surface area contributed by atoms with Crippen LogP contribution in [0.1, 0.15) is 79.6 Å². The normalized spacial score (nSPS) is 42.9. The Hall–Kier alpha value is -0.650. The van der Waals surface area contributed by atoms with Gasteiger partial charge in [0.25, 0.3) is 0 Å². The van der Waals surface area contributed by atoms with Gasteiger partial charge in [-0.15, -0.1) is 0 Å². The molecular formula is C26H44O12S3. The van der Waals surface area contributed by atoms with Crippen molar-refractivity contribution in [3.8, 4) is 0 Å². The van der Waals surface area contributed by atoms with Gasteiger partial charge < -0.3 is 0 Å². The third-order valence-electron chi connectivity index (χ3n) is 11.1. The zero-order valence-electron chi connectivity index (χ0n) is 24.1. The summed E-state index contributed by atoms with van der Waals surface area (Å²) >= 11 is 0. The Morgan fingerprint density at radius 1 is 0.805 bits per heavy atom. The van der Waals surface area contributed by atoms with Crippen LogP contribution in [0, 0.1) is 52.3 Å². The molecule has 12 atom stereocenters. The molecule has 4 fully saturated rings. The van der Waals surface area contributed by atoms with E-state index in [4.69, 9.17) is 12.5 Å². The highest BCUT2D eigenvalue weighted by Gasteiger charge is 2.68. The Bertz CT molecular complexity index is 1330. The number of fused-ring (bicyclic) bond motifs is 5. The summed E-state index contributed by atoms with van der Waals surface area (Å²) < 4.78 is 115. The predicted molar refractivity (Wildman–Crippen MR) is 148 cm³/mol. The molecule has 3 N–H and O–H groups in total. The zero-order chi connectivity index (χ0) is 30.8. The Balaban J connectivity index is 1.73. The summed E-state index contributed by atoms with van der Waals surface area (Å²) in [5.74, 6) is 0.100. The van der Waals surface area contributed by atoms with Gasteiger partial charge in [0, 0.05) is 5.92 Å². The lowest BCUT2D eigenvalue weighted by molar-refractivity contribution is -0.140. The van der Waals surface area contributed by atoms with Crippen LogP contribution in [0.2, 0.25) is 0 Å². The van der Waals surface area contributed by atoms with E-state index in [0.29, 0.717) is 24.2 Å². The minimum Gasteiger partial charge on any atom is -0.264 e. The number of hydrogen-bond donors (Lipinski definition) is 3. The molecule has 0 saturated heterocycles. The van der Waals surface area contributed by atoms with Crippen LogP contribution in [0.15, 0.2) is 12.2 Å². The monoisotopic (exact) mass is 644 g/mol. The Labute approximate surface area is 244 Å². The maximum absolute atomic E-state index is 12.0. The molecular weight excluding hydrogens is 600 g/mol. The summed E-state index contributed by atoms with van der Waals surface area (Å²) in [6, 6.07) is 0. The van der Waals surface area contributed by atoms with Gasteiger partial charge in [-0.3, -0.25) is 13.7 Å². The van der Waals surface area contributed by atoms with E-state index in [2.05, 4.69) is 39.8 Å². The predicted octanol–water partition coefficient (Wildman–Crippen LogP) is 4.28. The molecule has 0 spiro atoms. The molecule has 12 unspecified atom stereocenters. The first kappa shape index (κ1) is 33.2. The van der Waals surface area contributed by atoms with Gasteiger partial charge in [0.05, 0.1) is 6.10 Å². The minimum absolute atomic E-state index is 0.0561. The quantitative estimate of drug-likeness (QED) is 0.226.